The lowest BCUT2D eigenvalue weighted by molar-refractivity contribution is 0.101. The van der Waals surface area contributed by atoms with Crippen LogP contribution in [0, 0.1) is 0 Å². The zero-order valence-electron chi connectivity index (χ0n) is 13.3. The molecule has 0 amide bonds. The van der Waals surface area contributed by atoms with Crippen LogP contribution >= 0.6 is 11.6 Å². The summed E-state index contributed by atoms with van der Waals surface area (Å²) in [4.78, 5) is 25.3. The largest absolute Gasteiger partial charge is 0.293 e. The Bertz CT molecular complexity index is 1200. The smallest absolute Gasteiger partial charge is 0.261 e. The Balaban J connectivity index is 2.46. The number of aromatic nitrogens is 2. The van der Waals surface area contributed by atoms with E-state index in [-0.39, 0.29) is 11.3 Å². The van der Waals surface area contributed by atoms with Gasteiger partial charge in [-0.3, -0.25) is 18.6 Å². The Morgan fingerprint density at radius 3 is 2.46 bits per heavy atom. The Morgan fingerprint density at radius 2 is 1.79 bits per heavy atom. The van der Waals surface area contributed by atoms with Crippen molar-refractivity contribution in [2.24, 2.45) is 0 Å². The summed E-state index contributed by atoms with van der Waals surface area (Å²) in [6, 6.07) is 12.9. The molecule has 2 aromatic carbocycles. The van der Waals surface area contributed by atoms with E-state index in [1.54, 1.807) is 29.7 Å². The van der Waals surface area contributed by atoms with Gasteiger partial charge in [0.25, 0.3) is 5.56 Å². The van der Waals surface area contributed by atoms with Crippen molar-refractivity contribution in [3.63, 3.8) is 0 Å². The summed E-state index contributed by atoms with van der Waals surface area (Å²) in [6.07, 6.45) is 0. The maximum absolute atomic E-state index is 13.0. The summed E-state index contributed by atoms with van der Waals surface area (Å²) in [6.45, 7) is 3.99. The molecule has 0 aliphatic rings. The van der Waals surface area contributed by atoms with Crippen LogP contribution in [0.4, 0.5) is 0 Å². The van der Waals surface area contributed by atoms with E-state index in [2.05, 4.69) is 0 Å². The van der Waals surface area contributed by atoms with E-state index in [1.807, 2.05) is 35.6 Å². The molecule has 5 heteroatoms. The molecule has 0 bridgehead atoms. The van der Waals surface area contributed by atoms with Gasteiger partial charge in [-0.05, 0) is 25.1 Å². The topological polar surface area (TPSA) is 43.5 Å². The first kappa shape index (κ1) is 15.0. The molecule has 0 fully saturated rings. The number of Topliss-reactive ketones (excluding diaryl/α,β-unsaturated/α-hetero) is 1. The molecule has 4 nitrogen and oxygen atoms in total. The molecule has 0 N–H and O–H groups in total. The third kappa shape index (κ3) is 1.86. The second kappa shape index (κ2) is 5.21. The van der Waals surface area contributed by atoms with Crippen LogP contribution < -0.4 is 5.56 Å². The summed E-state index contributed by atoms with van der Waals surface area (Å²) in [5, 5.41) is 2.77. The predicted octanol–water partition coefficient (Wildman–Crippen LogP) is 4.28. The maximum atomic E-state index is 13.0. The minimum atomic E-state index is -0.0964. The zero-order chi connectivity index (χ0) is 17.0. The Hall–Kier alpha value is -2.59. The highest BCUT2D eigenvalue weighted by atomic mass is 35.5. The number of fused-ring (bicyclic) bond motifs is 5. The minimum absolute atomic E-state index is 0.0382. The van der Waals surface area contributed by atoms with E-state index in [4.69, 9.17) is 11.6 Å². The minimum Gasteiger partial charge on any atom is -0.293 e. The van der Waals surface area contributed by atoms with Crippen LogP contribution in [0.25, 0.3) is 27.3 Å². The summed E-state index contributed by atoms with van der Waals surface area (Å²) in [5.74, 6) is -0.0382. The van der Waals surface area contributed by atoms with E-state index in [1.165, 1.54) is 0 Å². The lowest BCUT2D eigenvalue weighted by atomic mass is 10.1. The van der Waals surface area contributed by atoms with Gasteiger partial charge in [-0.15, -0.1) is 0 Å². The molecule has 4 rings (SSSR count). The normalized spacial score (nSPS) is 11.6. The molecule has 0 atom stereocenters. The second-order valence-electron chi connectivity index (χ2n) is 5.82. The SMILES string of the molecule is CCn1c(=O)c2cc(Cl)ccc2n2c(C(C)=O)c3ccccc3c12. The fraction of sp³-hybridized carbons (Fsp3) is 0.158. The first-order valence-corrected chi connectivity index (χ1v) is 8.18. The van der Waals surface area contributed by atoms with Gasteiger partial charge >= 0.3 is 0 Å². The lowest BCUT2D eigenvalue weighted by Crippen LogP contribution is -2.22. The second-order valence-corrected chi connectivity index (χ2v) is 6.26. The molecule has 0 aliphatic carbocycles. The molecule has 0 aliphatic heterocycles. The van der Waals surface area contributed by atoms with Crippen molar-refractivity contribution in [1.29, 1.82) is 0 Å². The lowest BCUT2D eigenvalue weighted by Gasteiger charge is -2.12. The monoisotopic (exact) mass is 338 g/mol. The fourth-order valence-electron chi connectivity index (χ4n) is 3.49. The summed E-state index contributed by atoms with van der Waals surface area (Å²) in [5.41, 5.74) is 1.94. The number of rotatable bonds is 2. The quantitative estimate of drug-likeness (QED) is 0.512. The van der Waals surface area contributed by atoms with Crippen LogP contribution in [0.15, 0.2) is 47.3 Å². The van der Waals surface area contributed by atoms with Gasteiger partial charge in [0.1, 0.15) is 5.65 Å². The number of carbonyl (C=O) groups is 1. The van der Waals surface area contributed by atoms with E-state index in [0.29, 0.717) is 28.2 Å². The molecular formula is C19H15ClN2O2. The van der Waals surface area contributed by atoms with Crippen molar-refractivity contribution in [3.05, 3.63) is 63.5 Å². The van der Waals surface area contributed by atoms with Crippen LogP contribution in [0.5, 0.6) is 0 Å². The maximum Gasteiger partial charge on any atom is 0.261 e. The van der Waals surface area contributed by atoms with Gasteiger partial charge in [0, 0.05) is 29.3 Å². The number of hydrogen-bond acceptors (Lipinski definition) is 2. The Kier molecular flexibility index (Phi) is 3.25. The third-order valence-corrected chi connectivity index (χ3v) is 4.67. The van der Waals surface area contributed by atoms with Gasteiger partial charge in [0.2, 0.25) is 0 Å². The van der Waals surface area contributed by atoms with Crippen molar-refractivity contribution in [2.45, 2.75) is 20.4 Å². The van der Waals surface area contributed by atoms with Crippen LogP contribution in [0.1, 0.15) is 24.3 Å². The van der Waals surface area contributed by atoms with Crippen LogP contribution in [-0.4, -0.2) is 14.8 Å². The highest BCUT2D eigenvalue weighted by Gasteiger charge is 2.21. The Labute approximate surface area is 142 Å². The van der Waals surface area contributed by atoms with Gasteiger partial charge < -0.3 is 0 Å². The van der Waals surface area contributed by atoms with Gasteiger partial charge in [0.05, 0.1) is 16.6 Å². The van der Waals surface area contributed by atoms with Crippen molar-refractivity contribution in [3.8, 4) is 0 Å². The molecule has 2 heterocycles. The molecule has 24 heavy (non-hydrogen) atoms. The van der Waals surface area contributed by atoms with E-state index in [9.17, 15) is 9.59 Å². The third-order valence-electron chi connectivity index (χ3n) is 4.44. The average molecular weight is 339 g/mol. The predicted molar refractivity (Wildman–Crippen MR) is 97.4 cm³/mol. The number of ketones is 1. The molecule has 4 aromatic rings. The molecule has 2 aromatic heterocycles. The molecule has 0 unspecified atom stereocenters. The molecule has 0 saturated heterocycles. The first-order chi connectivity index (χ1) is 11.5. The highest BCUT2D eigenvalue weighted by molar-refractivity contribution is 6.31. The van der Waals surface area contributed by atoms with Crippen molar-refractivity contribution in [1.82, 2.24) is 8.97 Å². The van der Waals surface area contributed by atoms with E-state index in [0.717, 1.165) is 16.4 Å². The van der Waals surface area contributed by atoms with Crippen molar-refractivity contribution < 1.29 is 4.79 Å². The van der Waals surface area contributed by atoms with Crippen molar-refractivity contribution >= 4 is 44.7 Å². The number of hydrogen-bond donors (Lipinski definition) is 0. The fourth-order valence-corrected chi connectivity index (χ4v) is 3.66. The molecule has 120 valence electrons. The number of carbonyl (C=O) groups excluding carboxylic acids is 1. The average Bonchev–Trinajstić information content (AvgIpc) is 2.91. The first-order valence-electron chi connectivity index (χ1n) is 7.80. The molecule has 0 radical (unpaired) electrons. The van der Waals surface area contributed by atoms with Gasteiger partial charge in [-0.25, -0.2) is 0 Å². The van der Waals surface area contributed by atoms with Crippen LogP contribution in [0.3, 0.4) is 0 Å². The number of aryl methyl sites for hydroxylation is 1. The van der Waals surface area contributed by atoms with Crippen molar-refractivity contribution in [2.75, 3.05) is 0 Å². The Morgan fingerprint density at radius 1 is 1.08 bits per heavy atom. The highest BCUT2D eigenvalue weighted by Crippen LogP contribution is 2.30. The molecule has 0 spiro atoms. The number of halogens is 1. The summed E-state index contributed by atoms with van der Waals surface area (Å²) >= 11 is 6.09. The standard InChI is InChI=1S/C19H15ClN2O2/c1-3-21-18-14-7-5-4-6-13(14)17(11(2)23)22(18)16-9-8-12(20)10-15(16)19(21)24/h4-10H,3H2,1-2H3. The van der Waals surface area contributed by atoms with Gasteiger partial charge in [-0.1, -0.05) is 35.9 Å². The van der Waals surface area contributed by atoms with Gasteiger partial charge in [0.15, 0.2) is 5.78 Å². The number of benzene rings is 2. The van der Waals surface area contributed by atoms with Gasteiger partial charge in [-0.2, -0.15) is 0 Å². The van der Waals surface area contributed by atoms with Crippen LogP contribution in [0.2, 0.25) is 5.02 Å². The zero-order valence-corrected chi connectivity index (χ0v) is 14.1. The molecular weight excluding hydrogens is 324 g/mol. The van der Waals surface area contributed by atoms with E-state index < -0.39 is 0 Å². The summed E-state index contributed by atoms with van der Waals surface area (Å²) in [7, 11) is 0. The number of nitrogens with zero attached hydrogens (tertiary/aromatic N) is 2. The van der Waals surface area contributed by atoms with Crippen LogP contribution in [-0.2, 0) is 6.54 Å². The summed E-state index contributed by atoms with van der Waals surface area (Å²) < 4.78 is 3.59. The molecule has 0 saturated carbocycles. The van der Waals surface area contributed by atoms with E-state index >= 15 is 0 Å².